The number of carbonyl (C=O) groups is 1. The van der Waals surface area contributed by atoms with Crippen LogP contribution in [-0.2, 0) is 0 Å². The van der Waals surface area contributed by atoms with Gasteiger partial charge in [-0.1, -0.05) is 18.2 Å². The number of nitrogens with two attached hydrogens (primary N) is 1. The molecule has 110 valence electrons. The van der Waals surface area contributed by atoms with Crippen molar-refractivity contribution >= 4 is 16.9 Å². The Morgan fingerprint density at radius 1 is 1.48 bits per heavy atom. The van der Waals surface area contributed by atoms with Crippen molar-refractivity contribution in [3.8, 4) is 0 Å². The highest BCUT2D eigenvalue weighted by Crippen LogP contribution is 2.22. The molecule has 5 nitrogen and oxygen atoms in total. The zero-order valence-electron chi connectivity index (χ0n) is 12.2. The van der Waals surface area contributed by atoms with Gasteiger partial charge in [-0.05, 0) is 31.9 Å². The molecule has 21 heavy (non-hydrogen) atoms. The first-order valence-electron chi connectivity index (χ1n) is 7.40. The number of amides is 1. The molecule has 1 aliphatic rings. The summed E-state index contributed by atoms with van der Waals surface area (Å²) >= 11 is 0. The van der Waals surface area contributed by atoms with Crippen molar-refractivity contribution in [2.24, 2.45) is 5.73 Å². The normalized spacial score (nSPS) is 18.6. The van der Waals surface area contributed by atoms with Crippen molar-refractivity contribution in [1.82, 2.24) is 14.9 Å². The molecule has 2 aromatic rings. The summed E-state index contributed by atoms with van der Waals surface area (Å²) in [4.78, 5) is 22.0. The summed E-state index contributed by atoms with van der Waals surface area (Å²) in [5.74, 6) is 0.298. The smallest absolute Gasteiger partial charge is 0.293 e. The number of H-pyrrole nitrogens is 1. The summed E-state index contributed by atoms with van der Waals surface area (Å²) in [7, 11) is 0. The summed E-state index contributed by atoms with van der Waals surface area (Å²) < 4.78 is 0. The second-order valence-corrected chi connectivity index (χ2v) is 5.39. The second-order valence-electron chi connectivity index (χ2n) is 5.39. The third kappa shape index (κ3) is 2.69. The summed E-state index contributed by atoms with van der Waals surface area (Å²) in [6, 6.07) is 7.80. The zero-order chi connectivity index (χ0) is 14.8. The standard InChI is InChI=1S/C16H20N4O/c1-2-20(12-7-5-6-11(17)10-12)16(21)15-18-13-8-3-4-9-14(13)19-15/h3-4,7-9,11H,2,5-6,10,17H2,1H3,(H,18,19). The van der Waals surface area contributed by atoms with E-state index in [1.54, 1.807) is 4.90 Å². The van der Waals surface area contributed by atoms with E-state index in [1.807, 2.05) is 31.2 Å². The van der Waals surface area contributed by atoms with Gasteiger partial charge in [-0.25, -0.2) is 4.98 Å². The Labute approximate surface area is 123 Å². The molecule has 0 radical (unpaired) electrons. The first-order valence-corrected chi connectivity index (χ1v) is 7.40. The summed E-state index contributed by atoms with van der Waals surface area (Å²) in [6.45, 7) is 2.59. The molecule has 1 heterocycles. The van der Waals surface area contributed by atoms with Crippen LogP contribution in [0.1, 0.15) is 36.8 Å². The van der Waals surface area contributed by atoms with Crippen molar-refractivity contribution in [2.45, 2.75) is 32.2 Å². The molecule has 0 saturated heterocycles. The fraction of sp³-hybridized carbons (Fsp3) is 0.375. The van der Waals surface area contributed by atoms with Crippen LogP contribution in [0.4, 0.5) is 0 Å². The van der Waals surface area contributed by atoms with Crippen LogP contribution in [0.3, 0.4) is 0 Å². The lowest BCUT2D eigenvalue weighted by molar-refractivity contribution is 0.0793. The van der Waals surface area contributed by atoms with Gasteiger partial charge in [0.2, 0.25) is 0 Å². The van der Waals surface area contributed by atoms with Crippen molar-refractivity contribution in [3.05, 3.63) is 41.9 Å². The van der Waals surface area contributed by atoms with Crippen LogP contribution in [-0.4, -0.2) is 33.4 Å². The predicted octanol–water partition coefficient (Wildman–Crippen LogP) is 2.42. The topological polar surface area (TPSA) is 75.0 Å². The number of aromatic nitrogens is 2. The van der Waals surface area contributed by atoms with Crippen LogP contribution in [0.2, 0.25) is 0 Å². The van der Waals surface area contributed by atoms with E-state index in [9.17, 15) is 4.79 Å². The second kappa shape index (κ2) is 5.69. The molecule has 0 fully saturated rings. The highest BCUT2D eigenvalue weighted by Gasteiger charge is 2.24. The molecule has 1 aromatic carbocycles. The molecule has 1 aliphatic carbocycles. The number of carbonyl (C=O) groups excluding carboxylic acids is 1. The monoisotopic (exact) mass is 284 g/mol. The molecular formula is C16H20N4O. The number of allylic oxidation sites excluding steroid dienone is 1. The van der Waals surface area contributed by atoms with Gasteiger partial charge in [-0.2, -0.15) is 0 Å². The molecule has 0 bridgehead atoms. The van der Waals surface area contributed by atoms with Gasteiger partial charge in [0.25, 0.3) is 5.91 Å². The lowest BCUT2D eigenvalue weighted by atomic mass is 9.99. The number of rotatable bonds is 3. The van der Waals surface area contributed by atoms with E-state index in [0.29, 0.717) is 12.4 Å². The van der Waals surface area contributed by atoms with Crippen LogP contribution >= 0.6 is 0 Å². The van der Waals surface area contributed by atoms with Gasteiger partial charge < -0.3 is 15.6 Å². The average molecular weight is 284 g/mol. The molecule has 1 aromatic heterocycles. The number of nitrogens with zero attached hydrogens (tertiary/aromatic N) is 2. The Kier molecular flexibility index (Phi) is 3.75. The van der Waals surface area contributed by atoms with E-state index in [0.717, 1.165) is 36.0 Å². The van der Waals surface area contributed by atoms with Crippen LogP contribution in [0.15, 0.2) is 36.0 Å². The van der Waals surface area contributed by atoms with Gasteiger partial charge in [0.15, 0.2) is 5.82 Å². The third-order valence-electron chi connectivity index (χ3n) is 3.89. The van der Waals surface area contributed by atoms with Crippen LogP contribution in [0, 0.1) is 0 Å². The lowest BCUT2D eigenvalue weighted by Gasteiger charge is -2.28. The van der Waals surface area contributed by atoms with Gasteiger partial charge in [0, 0.05) is 24.7 Å². The fourth-order valence-electron chi connectivity index (χ4n) is 2.80. The predicted molar refractivity (Wildman–Crippen MR) is 82.7 cm³/mol. The van der Waals surface area contributed by atoms with Crippen molar-refractivity contribution in [1.29, 1.82) is 0 Å². The summed E-state index contributed by atoms with van der Waals surface area (Å²) in [6.07, 6.45) is 4.79. The zero-order valence-corrected chi connectivity index (χ0v) is 12.2. The van der Waals surface area contributed by atoms with E-state index in [1.165, 1.54) is 0 Å². The number of hydrogen-bond acceptors (Lipinski definition) is 3. The van der Waals surface area contributed by atoms with Gasteiger partial charge in [-0.15, -0.1) is 0 Å². The quantitative estimate of drug-likeness (QED) is 0.909. The van der Waals surface area contributed by atoms with Gasteiger partial charge >= 0.3 is 0 Å². The number of hydrogen-bond donors (Lipinski definition) is 2. The number of imidazole rings is 1. The summed E-state index contributed by atoms with van der Waals surface area (Å²) in [5.41, 5.74) is 8.72. The number of benzene rings is 1. The maximum absolute atomic E-state index is 12.7. The Hall–Kier alpha value is -2.14. The molecule has 1 unspecified atom stereocenters. The van der Waals surface area contributed by atoms with E-state index in [4.69, 9.17) is 5.73 Å². The van der Waals surface area contributed by atoms with E-state index >= 15 is 0 Å². The molecular weight excluding hydrogens is 264 g/mol. The van der Waals surface area contributed by atoms with Crippen LogP contribution in [0.5, 0.6) is 0 Å². The molecule has 0 aliphatic heterocycles. The average Bonchev–Trinajstić information content (AvgIpc) is 2.92. The number of nitrogens with one attached hydrogen (secondary N) is 1. The lowest BCUT2D eigenvalue weighted by Crippen LogP contribution is -2.35. The van der Waals surface area contributed by atoms with Gasteiger partial charge in [-0.3, -0.25) is 4.79 Å². The number of fused-ring (bicyclic) bond motifs is 1. The van der Waals surface area contributed by atoms with Crippen molar-refractivity contribution in [3.63, 3.8) is 0 Å². The minimum atomic E-state index is -0.0888. The highest BCUT2D eigenvalue weighted by atomic mass is 16.2. The minimum Gasteiger partial charge on any atom is -0.334 e. The summed E-state index contributed by atoms with van der Waals surface area (Å²) in [5, 5.41) is 0. The fourth-order valence-corrected chi connectivity index (χ4v) is 2.80. The Morgan fingerprint density at radius 3 is 3.00 bits per heavy atom. The van der Waals surface area contributed by atoms with Crippen LogP contribution < -0.4 is 5.73 Å². The largest absolute Gasteiger partial charge is 0.334 e. The van der Waals surface area contributed by atoms with Crippen molar-refractivity contribution < 1.29 is 4.79 Å². The minimum absolute atomic E-state index is 0.0888. The van der Waals surface area contributed by atoms with Gasteiger partial charge in [0.1, 0.15) is 0 Å². The van der Waals surface area contributed by atoms with E-state index in [-0.39, 0.29) is 11.9 Å². The first kappa shape index (κ1) is 13.8. The molecule has 3 rings (SSSR count). The van der Waals surface area contributed by atoms with Gasteiger partial charge in [0.05, 0.1) is 11.0 Å². The maximum atomic E-state index is 12.7. The molecule has 1 amide bonds. The number of aromatic amines is 1. The Balaban J connectivity index is 1.89. The first-order chi connectivity index (χ1) is 10.2. The third-order valence-corrected chi connectivity index (χ3v) is 3.89. The maximum Gasteiger partial charge on any atom is 0.293 e. The molecule has 0 spiro atoms. The molecule has 5 heteroatoms. The molecule has 0 saturated carbocycles. The molecule has 3 N–H and O–H groups in total. The number of para-hydroxylation sites is 2. The van der Waals surface area contributed by atoms with E-state index < -0.39 is 0 Å². The Bertz CT molecular complexity index is 655. The molecule has 1 atom stereocenters. The van der Waals surface area contributed by atoms with E-state index in [2.05, 4.69) is 16.0 Å². The van der Waals surface area contributed by atoms with Crippen LogP contribution in [0.25, 0.3) is 11.0 Å². The Morgan fingerprint density at radius 2 is 2.29 bits per heavy atom. The SMILES string of the molecule is CCN(C(=O)c1nc2ccccc2[nH]1)C1=CCCC(N)C1. The highest BCUT2D eigenvalue weighted by molar-refractivity contribution is 5.95. The van der Waals surface area contributed by atoms with Crippen molar-refractivity contribution in [2.75, 3.05) is 6.54 Å².